The molecule has 2 heterocycles. The van der Waals surface area contributed by atoms with Crippen molar-refractivity contribution in [2.75, 3.05) is 12.3 Å². The van der Waals surface area contributed by atoms with Crippen molar-refractivity contribution in [2.24, 2.45) is 0 Å². The lowest BCUT2D eigenvalue weighted by molar-refractivity contribution is 0.0903. The average Bonchev–Trinajstić information content (AvgIpc) is 3.05. The minimum Gasteiger partial charge on any atom is -0.439 e. The van der Waals surface area contributed by atoms with E-state index in [1.54, 1.807) is 18.5 Å². The Morgan fingerprint density at radius 1 is 1.29 bits per heavy atom. The summed E-state index contributed by atoms with van der Waals surface area (Å²) < 4.78 is 13.9. The van der Waals surface area contributed by atoms with Crippen LogP contribution in [0, 0.1) is 0 Å². The number of nitrogens with two attached hydrogens (primary N) is 1. The molecule has 2 aromatic heterocycles. The van der Waals surface area contributed by atoms with Gasteiger partial charge in [0.2, 0.25) is 0 Å². The van der Waals surface area contributed by atoms with Gasteiger partial charge in [0.1, 0.15) is 6.10 Å². The molecule has 0 fully saturated rings. The molecule has 188 valence electrons. The van der Waals surface area contributed by atoms with Crippen LogP contribution in [-0.4, -0.2) is 41.3 Å². The number of carbonyl (C=O) groups is 1. The van der Waals surface area contributed by atoms with Crippen molar-refractivity contribution in [3.05, 3.63) is 42.9 Å². The van der Waals surface area contributed by atoms with Gasteiger partial charge in [-0.3, -0.25) is 9.67 Å². The van der Waals surface area contributed by atoms with E-state index in [2.05, 4.69) is 55.8 Å². The molecule has 3 N–H and O–H groups in total. The largest absolute Gasteiger partial charge is 0.439 e. The van der Waals surface area contributed by atoms with Crippen LogP contribution >= 0.6 is 0 Å². The fraction of sp³-hybridized carbons (Fsp3) is 0.560. The molecule has 8 nitrogen and oxygen atoms in total. The second-order valence-corrected chi connectivity index (χ2v) is 15.9. The monoisotopic (exact) mass is 487 g/mol. The van der Waals surface area contributed by atoms with E-state index in [0.717, 1.165) is 11.3 Å². The first-order valence-electron chi connectivity index (χ1n) is 11.7. The molecule has 1 atom stereocenters. The maximum absolute atomic E-state index is 12.4. The highest BCUT2D eigenvalue weighted by atomic mass is 28.4. The molecule has 0 bridgehead atoms. The van der Waals surface area contributed by atoms with Crippen molar-refractivity contribution in [1.82, 2.24) is 20.1 Å². The van der Waals surface area contributed by atoms with E-state index in [1.807, 2.05) is 37.6 Å². The quantitative estimate of drug-likeness (QED) is 0.348. The summed E-state index contributed by atoms with van der Waals surface area (Å²) in [6.45, 7) is 21.7. The van der Waals surface area contributed by atoms with E-state index < -0.39 is 26.1 Å². The number of nitrogens with one attached hydrogen (secondary N) is 1. The van der Waals surface area contributed by atoms with Crippen molar-refractivity contribution in [3.8, 4) is 11.3 Å². The number of hydrogen-bond acceptors (Lipinski definition) is 6. The second kappa shape index (κ2) is 10.7. The van der Waals surface area contributed by atoms with Crippen LogP contribution < -0.4 is 11.1 Å². The third kappa shape index (κ3) is 7.43. The topological polar surface area (TPSA) is 104 Å². The van der Waals surface area contributed by atoms with Gasteiger partial charge in [-0.25, -0.2) is 4.79 Å². The van der Waals surface area contributed by atoms with Gasteiger partial charge in [-0.15, -0.1) is 6.58 Å². The van der Waals surface area contributed by atoms with Crippen LogP contribution in [0.2, 0.25) is 18.1 Å². The molecule has 34 heavy (non-hydrogen) atoms. The van der Waals surface area contributed by atoms with Crippen LogP contribution in [0.15, 0.2) is 37.2 Å². The Morgan fingerprint density at radius 2 is 1.97 bits per heavy atom. The molecule has 2 aromatic rings. The summed E-state index contributed by atoms with van der Waals surface area (Å²) in [5.41, 5.74) is 8.71. The predicted octanol–water partition coefficient (Wildman–Crippen LogP) is 5.69. The van der Waals surface area contributed by atoms with Crippen molar-refractivity contribution in [3.63, 3.8) is 0 Å². The van der Waals surface area contributed by atoms with Gasteiger partial charge in [-0.05, 0) is 51.0 Å². The summed E-state index contributed by atoms with van der Waals surface area (Å²) in [5, 5.41) is 7.42. The van der Waals surface area contributed by atoms with Crippen LogP contribution in [0.4, 0.5) is 10.5 Å². The molecule has 0 aliphatic rings. The van der Waals surface area contributed by atoms with Crippen LogP contribution in [0.25, 0.3) is 11.3 Å². The minimum atomic E-state index is -1.86. The van der Waals surface area contributed by atoms with Crippen LogP contribution in [0.1, 0.15) is 59.8 Å². The zero-order chi connectivity index (χ0) is 25.7. The van der Waals surface area contributed by atoms with Gasteiger partial charge in [-0.2, -0.15) is 5.10 Å². The zero-order valence-corrected chi connectivity index (χ0v) is 22.9. The second-order valence-electron chi connectivity index (χ2n) is 11.0. The summed E-state index contributed by atoms with van der Waals surface area (Å²) in [6, 6.07) is 3.76. The number of amides is 1. The van der Waals surface area contributed by atoms with Gasteiger partial charge in [-0.1, -0.05) is 26.8 Å². The number of anilines is 1. The summed E-state index contributed by atoms with van der Waals surface area (Å²) >= 11 is 0. The highest BCUT2D eigenvalue weighted by Crippen LogP contribution is 2.36. The first-order valence-corrected chi connectivity index (χ1v) is 14.6. The molecule has 0 saturated carbocycles. The van der Waals surface area contributed by atoms with Crippen molar-refractivity contribution >= 4 is 20.1 Å². The average molecular weight is 488 g/mol. The van der Waals surface area contributed by atoms with Gasteiger partial charge in [0.25, 0.3) is 0 Å². The summed E-state index contributed by atoms with van der Waals surface area (Å²) in [7, 11) is -1.86. The Morgan fingerprint density at radius 3 is 2.56 bits per heavy atom. The molecule has 2 rings (SSSR count). The highest BCUT2D eigenvalue weighted by molar-refractivity contribution is 6.74. The number of nitrogens with zero attached hydrogens (tertiary/aromatic N) is 3. The number of alkyl carbamates (subject to hydrolysis) is 1. The van der Waals surface area contributed by atoms with E-state index >= 15 is 0 Å². The van der Waals surface area contributed by atoms with E-state index in [4.69, 9.17) is 14.9 Å². The molecule has 0 radical (unpaired) electrons. The first-order chi connectivity index (χ1) is 15.6. The fourth-order valence-corrected chi connectivity index (χ4v) is 4.14. The van der Waals surface area contributed by atoms with E-state index in [9.17, 15) is 4.79 Å². The normalized spacial score (nSPS) is 13.4. The van der Waals surface area contributed by atoms with E-state index in [1.165, 1.54) is 0 Å². The number of rotatable bonds is 9. The third-order valence-corrected chi connectivity index (χ3v) is 10.5. The SMILES string of the molecule is C=CC[C@H](OC(=O)NC(C)(C)C)c1cc(-c2c(N)cnn2CCO[Si](C)(C)C(C)(C)C)ccn1. The Labute approximate surface area is 205 Å². The molecule has 0 aliphatic carbocycles. The zero-order valence-electron chi connectivity index (χ0n) is 21.9. The maximum Gasteiger partial charge on any atom is 0.408 e. The summed E-state index contributed by atoms with van der Waals surface area (Å²) in [5.74, 6) is 0. The molecule has 9 heteroatoms. The van der Waals surface area contributed by atoms with Crippen LogP contribution in [-0.2, 0) is 15.7 Å². The fourth-order valence-electron chi connectivity index (χ4n) is 3.11. The number of hydrogen-bond donors (Lipinski definition) is 2. The lowest BCUT2D eigenvalue weighted by atomic mass is 10.1. The van der Waals surface area contributed by atoms with E-state index in [-0.39, 0.29) is 5.04 Å². The number of aromatic nitrogens is 3. The first kappa shape index (κ1) is 27.6. The molecule has 0 aliphatic heterocycles. The van der Waals surface area contributed by atoms with Crippen LogP contribution in [0.5, 0.6) is 0 Å². The van der Waals surface area contributed by atoms with Crippen LogP contribution in [0.3, 0.4) is 0 Å². The van der Waals surface area contributed by atoms with Gasteiger partial charge in [0.15, 0.2) is 8.32 Å². The van der Waals surface area contributed by atoms with Gasteiger partial charge >= 0.3 is 6.09 Å². The highest BCUT2D eigenvalue weighted by Gasteiger charge is 2.37. The Bertz CT molecular complexity index is 989. The Balaban J connectivity index is 2.25. The number of pyridine rings is 1. The lowest BCUT2D eigenvalue weighted by Crippen LogP contribution is -2.41. The number of carbonyl (C=O) groups excluding carboxylic acids is 1. The van der Waals surface area contributed by atoms with Crippen molar-refractivity contribution in [2.45, 2.75) is 84.3 Å². The molecule has 0 spiro atoms. The molecule has 0 aromatic carbocycles. The van der Waals surface area contributed by atoms with Crippen molar-refractivity contribution < 1.29 is 14.0 Å². The molecular formula is C25H41N5O3Si. The third-order valence-electron chi connectivity index (χ3n) is 5.93. The maximum atomic E-state index is 12.4. The van der Waals surface area contributed by atoms with E-state index in [0.29, 0.717) is 31.0 Å². The Kier molecular flexibility index (Phi) is 8.71. The lowest BCUT2D eigenvalue weighted by Gasteiger charge is -2.36. The number of ether oxygens (including phenoxy) is 1. The molecular weight excluding hydrogens is 446 g/mol. The van der Waals surface area contributed by atoms with Gasteiger partial charge in [0.05, 0.1) is 36.4 Å². The Hall–Kier alpha value is -2.65. The standard InChI is InChI=1S/C25H41N5O3Si/c1-10-11-21(33-23(31)29-24(2,3)4)20-16-18(12-13-27-20)22-19(26)17-28-30(22)14-15-32-34(8,9)25(5,6)7/h10,12-13,16-17,21H,1,11,14-15,26H2,2-9H3,(H,29,31)/t21-/m0/s1. The molecule has 0 unspecified atom stereocenters. The smallest absolute Gasteiger partial charge is 0.408 e. The number of nitrogen functional groups attached to an aromatic ring is 1. The van der Waals surface area contributed by atoms with Gasteiger partial charge in [0, 0.05) is 23.7 Å². The minimum absolute atomic E-state index is 0.137. The molecule has 1 amide bonds. The summed E-state index contributed by atoms with van der Waals surface area (Å²) in [6.07, 6.45) is 4.41. The molecule has 0 saturated heterocycles. The predicted molar refractivity (Wildman–Crippen MR) is 140 cm³/mol. The summed E-state index contributed by atoms with van der Waals surface area (Å²) in [4.78, 5) is 16.8. The van der Waals surface area contributed by atoms with Crippen molar-refractivity contribution in [1.29, 1.82) is 0 Å². The van der Waals surface area contributed by atoms with Gasteiger partial charge < -0.3 is 20.2 Å².